The fourth-order valence-electron chi connectivity index (χ4n) is 4.99. The molecule has 2 amide bonds. The number of aromatic nitrogens is 2. The summed E-state index contributed by atoms with van der Waals surface area (Å²) >= 11 is 0. The first-order chi connectivity index (χ1) is 13.0. The molecular weight excluding hydrogens is 354 g/mol. The molecule has 148 valence electrons. The van der Waals surface area contributed by atoms with Crippen molar-refractivity contribution < 1.29 is 18.4 Å². The summed E-state index contributed by atoms with van der Waals surface area (Å²) in [5, 5.41) is 3.68. The van der Waals surface area contributed by atoms with E-state index < -0.39 is 12.0 Å². The van der Waals surface area contributed by atoms with Crippen LogP contribution >= 0.6 is 0 Å². The van der Waals surface area contributed by atoms with Crippen LogP contribution in [0.3, 0.4) is 0 Å². The molecule has 2 saturated heterocycles. The van der Waals surface area contributed by atoms with Crippen LogP contribution in [0.4, 0.5) is 8.78 Å². The Morgan fingerprint density at radius 2 is 1.93 bits per heavy atom. The fourth-order valence-corrected chi connectivity index (χ4v) is 4.99. The monoisotopic (exact) mass is 380 g/mol. The molecule has 1 aliphatic carbocycles. The second kappa shape index (κ2) is 7.20. The minimum absolute atomic E-state index is 0.0137. The lowest BCUT2D eigenvalue weighted by Gasteiger charge is -2.44. The molecule has 3 fully saturated rings. The molecule has 2 aliphatic heterocycles. The maximum absolute atomic E-state index is 13.3. The molecule has 1 atom stereocenters. The third kappa shape index (κ3) is 3.34. The molecule has 0 aromatic carbocycles. The summed E-state index contributed by atoms with van der Waals surface area (Å²) in [6, 6.07) is 1.66. The molecular formula is C19H26F2N4O2. The Labute approximate surface area is 157 Å². The standard InChI is InChI=1S/C19H26F2N4O2/c20-18(21)25-11-7-15(22-25)16(26)23-12-9-19(13-23)8-4-10-24(17(19)27)14-5-2-1-3-6-14/h7,11,14,18H,1-6,8-10,12-13H2/t19-/m0/s1. The number of amides is 2. The van der Waals surface area contributed by atoms with E-state index in [1.165, 1.54) is 25.3 Å². The van der Waals surface area contributed by atoms with Crippen LogP contribution in [-0.4, -0.2) is 57.1 Å². The van der Waals surface area contributed by atoms with Gasteiger partial charge in [-0.3, -0.25) is 9.59 Å². The number of halogens is 2. The van der Waals surface area contributed by atoms with Gasteiger partial charge < -0.3 is 9.80 Å². The molecule has 0 unspecified atom stereocenters. The largest absolute Gasteiger partial charge is 0.339 e. The van der Waals surface area contributed by atoms with E-state index in [0.717, 1.165) is 38.4 Å². The highest BCUT2D eigenvalue weighted by atomic mass is 19.3. The van der Waals surface area contributed by atoms with E-state index in [1.54, 1.807) is 4.90 Å². The molecule has 1 aromatic heterocycles. The molecule has 8 heteroatoms. The lowest BCUT2D eigenvalue weighted by atomic mass is 9.77. The Kier molecular flexibility index (Phi) is 4.90. The first kappa shape index (κ1) is 18.4. The van der Waals surface area contributed by atoms with Crippen molar-refractivity contribution in [2.24, 2.45) is 5.41 Å². The Bertz CT molecular complexity index is 716. The van der Waals surface area contributed by atoms with Gasteiger partial charge >= 0.3 is 6.55 Å². The predicted molar refractivity (Wildman–Crippen MR) is 94.3 cm³/mol. The van der Waals surface area contributed by atoms with Gasteiger partial charge in [0.1, 0.15) is 0 Å². The number of piperidine rings is 1. The van der Waals surface area contributed by atoms with Gasteiger partial charge in [0.15, 0.2) is 5.69 Å². The molecule has 0 N–H and O–H groups in total. The van der Waals surface area contributed by atoms with E-state index >= 15 is 0 Å². The first-order valence-electron chi connectivity index (χ1n) is 9.94. The smallest absolute Gasteiger partial charge is 0.333 e. The van der Waals surface area contributed by atoms with Gasteiger partial charge in [-0.1, -0.05) is 19.3 Å². The minimum Gasteiger partial charge on any atom is -0.339 e. The van der Waals surface area contributed by atoms with E-state index in [4.69, 9.17) is 0 Å². The average Bonchev–Trinajstić information content (AvgIpc) is 3.33. The molecule has 27 heavy (non-hydrogen) atoms. The second-order valence-electron chi connectivity index (χ2n) is 8.11. The number of carbonyl (C=O) groups is 2. The van der Waals surface area contributed by atoms with Gasteiger partial charge in [-0.15, -0.1) is 0 Å². The van der Waals surface area contributed by atoms with Gasteiger partial charge in [0.05, 0.1) is 5.41 Å². The summed E-state index contributed by atoms with van der Waals surface area (Å²) in [5.74, 6) is -0.178. The molecule has 1 aromatic rings. The van der Waals surface area contributed by atoms with E-state index in [1.807, 2.05) is 0 Å². The minimum atomic E-state index is -2.76. The normalized spacial score (nSPS) is 27.1. The highest BCUT2D eigenvalue weighted by molar-refractivity contribution is 5.94. The van der Waals surface area contributed by atoms with E-state index in [9.17, 15) is 18.4 Å². The van der Waals surface area contributed by atoms with Crippen molar-refractivity contribution >= 4 is 11.8 Å². The number of nitrogens with zero attached hydrogens (tertiary/aromatic N) is 4. The average molecular weight is 380 g/mol. The van der Waals surface area contributed by atoms with Crippen LogP contribution in [0.5, 0.6) is 0 Å². The Hall–Kier alpha value is -1.99. The Morgan fingerprint density at radius 3 is 2.63 bits per heavy atom. The molecule has 6 nitrogen and oxygen atoms in total. The lowest BCUT2D eigenvalue weighted by Crippen LogP contribution is -2.54. The molecule has 1 saturated carbocycles. The van der Waals surface area contributed by atoms with Crippen LogP contribution in [0.2, 0.25) is 0 Å². The predicted octanol–water partition coefficient (Wildman–Crippen LogP) is 3.07. The van der Waals surface area contributed by atoms with Gasteiger partial charge in [0.2, 0.25) is 5.91 Å². The van der Waals surface area contributed by atoms with Gasteiger partial charge in [0.25, 0.3) is 5.91 Å². The van der Waals surface area contributed by atoms with Crippen molar-refractivity contribution in [2.45, 2.75) is 64.0 Å². The van der Waals surface area contributed by atoms with Gasteiger partial charge in [-0.05, 0) is 38.2 Å². The van der Waals surface area contributed by atoms with Crippen LogP contribution in [0, 0.1) is 5.41 Å². The lowest BCUT2D eigenvalue weighted by molar-refractivity contribution is -0.149. The van der Waals surface area contributed by atoms with Crippen molar-refractivity contribution in [3.63, 3.8) is 0 Å². The third-order valence-corrected chi connectivity index (χ3v) is 6.45. The van der Waals surface area contributed by atoms with Gasteiger partial charge in [0, 0.05) is 31.9 Å². The second-order valence-corrected chi connectivity index (χ2v) is 8.11. The zero-order valence-electron chi connectivity index (χ0n) is 15.4. The summed E-state index contributed by atoms with van der Waals surface area (Å²) < 4.78 is 25.9. The fraction of sp³-hybridized carbons (Fsp3) is 0.737. The first-order valence-corrected chi connectivity index (χ1v) is 9.94. The summed E-state index contributed by atoms with van der Waals surface area (Å²) in [4.78, 5) is 29.7. The van der Waals surface area contributed by atoms with E-state index in [2.05, 4.69) is 10.00 Å². The Balaban J connectivity index is 1.46. The zero-order valence-corrected chi connectivity index (χ0v) is 15.4. The highest BCUT2D eigenvalue weighted by Crippen LogP contribution is 2.42. The van der Waals surface area contributed by atoms with Crippen LogP contribution < -0.4 is 0 Å². The summed E-state index contributed by atoms with van der Waals surface area (Å²) in [6.45, 7) is -1.10. The van der Waals surface area contributed by atoms with Gasteiger partial charge in [-0.25, -0.2) is 4.68 Å². The van der Waals surface area contributed by atoms with Crippen molar-refractivity contribution in [3.8, 4) is 0 Å². The number of alkyl halides is 2. The Morgan fingerprint density at radius 1 is 1.15 bits per heavy atom. The number of rotatable bonds is 3. The maximum Gasteiger partial charge on any atom is 0.333 e. The van der Waals surface area contributed by atoms with Crippen molar-refractivity contribution in [1.29, 1.82) is 0 Å². The molecule has 4 rings (SSSR count). The number of hydrogen-bond donors (Lipinski definition) is 0. The highest BCUT2D eigenvalue weighted by Gasteiger charge is 2.50. The maximum atomic E-state index is 13.3. The summed E-state index contributed by atoms with van der Waals surface area (Å²) in [7, 11) is 0. The van der Waals surface area contributed by atoms with Crippen molar-refractivity contribution in [3.05, 3.63) is 18.0 Å². The number of hydrogen-bond acceptors (Lipinski definition) is 3. The molecule has 3 heterocycles. The summed E-state index contributed by atoms with van der Waals surface area (Å²) in [6.07, 6.45) is 9.28. The molecule has 0 bridgehead atoms. The third-order valence-electron chi connectivity index (χ3n) is 6.45. The number of likely N-dealkylation sites (tertiary alicyclic amines) is 2. The van der Waals surface area contributed by atoms with Crippen LogP contribution in [0.25, 0.3) is 0 Å². The van der Waals surface area contributed by atoms with E-state index in [-0.39, 0.29) is 17.5 Å². The van der Waals surface area contributed by atoms with Crippen LogP contribution in [-0.2, 0) is 4.79 Å². The van der Waals surface area contributed by atoms with Crippen LogP contribution in [0.15, 0.2) is 12.3 Å². The zero-order chi connectivity index (χ0) is 19.0. The summed E-state index contributed by atoms with van der Waals surface area (Å²) in [5.41, 5.74) is -0.490. The SMILES string of the molecule is O=C(c1ccn(C(F)F)n1)N1CC[C@@]2(CCCN(C3CCCCC3)C2=O)C1. The van der Waals surface area contributed by atoms with Crippen LogP contribution in [0.1, 0.15) is 68.4 Å². The van der Waals surface area contributed by atoms with Crippen molar-refractivity contribution in [1.82, 2.24) is 19.6 Å². The van der Waals surface area contributed by atoms with Crippen molar-refractivity contribution in [2.75, 3.05) is 19.6 Å². The topological polar surface area (TPSA) is 58.4 Å². The quantitative estimate of drug-likeness (QED) is 0.810. The molecule has 1 spiro atoms. The van der Waals surface area contributed by atoms with E-state index in [0.29, 0.717) is 30.2 Å². The van der Waals surface area contributed by atoms with Gasteiger partial charge in [-0.2, -0.15) is 13.9 Å². The molecule has 0 radical (unpaired) electrons. The molecule has 3 aliphatic rings. The number of carbonyl (C=O) groups excluding carboxylic acids is 2.